The van der Waals surface area contributed by atoms with E-state index in [-0.39, 0.29) is 18.2 Å². The Hall–Kier alpha value is -2.42. The molecule has 2 N–H and O–H groups in total. The number of nitrogens with zero attached hydrogens (tertiary/aromatic N) is 3. The number of rotatable bonds is 10. The van der Waals surface area contributed by atoms with E-state index in [9.17, 15) is 9.90 Å². The number of carbonyl (C=O) groups excluding carboxylic acids is 1. The fourth-order valence-corrected chi connectivity index (χ4v) is 3.04. The lowest BCUT2D eigenvalue weighted by atomic mass is 10.2. The van der Waals surface area contributed by atoms with Crippen LogP contribution in [-0.4, -0.2) is 67.9 Å². The van der Waals surface area contributed by atoms with Crippen molar-refractivity contribution in [2.75, 3.05) is 40.8 Å². The molecule has 2 aromatic rings. The van der Waals surface area contributed by atoms with Gasteiger partial charge in [0.2, 0.25) is 0 Å². The van der Waals surface area contributed by atoms with Gasteiger partial charge in [-0.3, -0.25) is 9.69 Å². The number of hydrogen-bond donors (Lipinski definition) is 2. The fraction of sp³-hybridized carbons (Fsp3) is 0.333. The maximum absolute atomic E-state index is 12.0. The van der Waals surface area contributed by atoms with Crippen molar-refractivity contribution in [2.24, 2.45) is 5.10 Å². The first kappa shape index (κ1) is 22.9. The van der Waals surface area contributed by atoms with Gasteiger partial charge < -0.3 is 14.7 Å². The van der Waals surface area contributed by atoms with E-state index >= 15 is 0 Å². The summed E-state index contributed by atoms with van der Waals surface area (Å²) in [6.45, 7) is 2.59. The number of hydrogen-bond acceptors (Lipinski definition) is 6. The van der Waals surface area contributed by atoms with Crippen LogP contribution in [0.4, 0.5) is 0 Å². The van der Waals surface area contributed by atoms with Gasteiger partial charge in [-0.1, -0.05) is 28.1 Å². The van der Waals surface area contributed by atoms with Crippen LogP contribution in [0.15, 0.2) is 52.0 Å². The van der Waals surface area contributed by atoms with Gasteiger partial charge in [-0.2, -0.15) is 5.10 Å². The molecule has 2 rings (SSSR count). The second kappa shape index (κ2) is 11.5. The van der Waals surface area contributed by atoms with Crippen LogP contribution in [0.25, 0.3) is 0 Å². The molecule has 8 heteroatoms. The number of phenols is 1. The number of phenolic OH excluding ortho intramolecular Hbond substituents is 1. The number of nitrogens with one attached hydrogen (secondary N) is 1. The minimum Gasteiger partial charge on any atom is -0.507 e. The monoisotopic (exact) mass is 462 g/mol. The Morgan fingerprint density at radius 3 is 2.72 bits per heavy atom. The highest BCUT2D eigenvalue weighted by atomic mass is 79.9. The van der Waals surface area contributed by atoms with E-state index in [1.54, 1.807) is 25.3 Å². The summed E-state index contributed by atoms with van der Waals surface area (Å²) in [6, 6.07) is 13.0. The molecule has 0 aromatic heterocycles. The van der Waals surface area contributed by atoms with Gasteiger partial charge in [0.15, 0.2) is 0 Å². The largest absolute Gasteiger partial charge is 0.507 e. The smallest absolute Gasteiger partial charge is 0.254 e. The number of amides is 1. The lowest BCUT2D eigenvalue weighted by Gasteiger charge is -2.21. The first-order valence-corrected chi connectivity index (χ1v) is 9.97. The molecular formula is C21H27BrN4O3. The van der Waals surface area contributed by atoms with Gasteiger partial charge in [-0.05, 0) is 50.0 Å². The van der Waals surface area contributed by atoms with Crippen LogP contribution in [-0.2, 0) is 11.3 Å². The Bertz CT molecular complexity index is 844. The molecule has 0 bridgehead atoms. The minimum atomic E-state index is -0.214. The molecule has 0 heterocycles. The zero-order chi connectivity index (χ0) is 21.2. The number of halogens is 1. The number of hydrazone groups is 1. The minimum absolute atomic E-state index is 0.0994. The molecule has 29 heavy (non-hydrogen) atoms. The van der Waals surface area contributed by atoms with E-state index in [0.717, 1.165) is 29.9 Å². The second-order valence-corrected chi connectivity index (χ2v) is 7.74. The van der Waals surface area contributed by atoms with Crippen LogP contribution in [0.5, 0.6) is 11.5 Å². The normalized spacial score (nSPS) is 11.4. The molecule has 0 radical (unpaired) electrons. The van der Waals surface area contributed by atoms with Gasteiger partial charge in [-0.25, -0.2) is 5.43 Å². The van der Waals surface area contributed by atoms with Crippen molar-refractivity contribution < 1.29 is 14.6 Å². The third-order valence-electron chi connectivity index (χ3n) is 4.25. The highest BCUT2D eigenvalue weighted by Gasteiger charge is 2.08. The van der Waals surface area contributed by atoms with Gasteiger partial charge >= 0.3 is 0 Å². The Morgan fingerprint density at radius 2 is 1.97 bits per heavy atom. The zero-order valence-corrected chi connectivity index (χ0v) is 18.5. The van der Waals surface area contributed by atoms with E-state index in [1.165, 1.54) is 11.8 Å². The third-order valence-corrected chi connectivity index (χ3v) is 4.74. The van der Waals surface area contributed by atoms with Crippen LogP contribution in [0.1, 0.15) is 11.1 Å². The standard InChI is InChI=1S/C21H27BrN4O3/c1-25(14-16-5-4-6-19(11-16)29-3)9-10-26(2)15-21(28)24-23-13-17-12-18(22)7-8-20(17)27/h4-8,11-13,27H,9-10,14-15H2,1-3H3,(H,24,28). The first-order chi connectivity index (χ1) is 13.9. The quantitative estimate of drug-likeness (QED) is 0.419. The lowest BCUT2D eigenvalue weighted by molar-refractivity contribution is -0.121. The van der Waals surface area contributed by atoms with Crippen molar-refractivity contribution >= 4 is 28.1 Å². The molecule has 0 aliphatic rings. The molecule has 0 aliphatic heterocycles. The maximum atomic E-state index is 12.0. The molecule has 0 unspecified atom stereocenters. The second-order valence-electron chi connectivity index (χ2n) is 6.82. The highest BCUT2D eigenvalue weighted by molar-refractivity contribution is 9.10. The van der Waals surface area contributed by atoms with E-state index in [4.69, 9.17) is 4.74 Å². The number of methoxy groups -OCH3 is 1. The molecule has 0 atom stereocenters. The number of likely N-dealkylation sites (N-methyl/N-ethyl adjacent to an activating group) is 2. The van der Waals surface area contributed by atoms with Crippen molar-refractivity contribution in [1.82, 2.24) is 15.2 Å². The molecule has 0 saturated heterocycles. The summed E-state index contributed by atoms with van der Waals surface area (Å²) < 4.78 is 6.07. The molecule has 1 amide bonds. The van der Waals surface area contributed by atoms with E-state index in [2.05, 4.69) is 37.4 Å². The van der Waals surface area contributed by atoms with Crippen LogP contribution in [0.3, 0.4) is 0 Å². The van der Waals surface area contributed by atoms with Gasteiger partial charge in [-0.15, -0.1) is 0 Å². The number of ether oxygens (including phenoxy) is 1. The van der Waals surface area contributed by atoms with E-state index in [1.807, 2.05) is 37.2 Å². The van der Waals surface area contributed by atoms with Crippen LogP contribution < -0.4 is 10.2 Å². The van der Waals surface area contributed by atoms with E-state index < -0.39 is 0 Å². The topological polar surface area (TPSA) is 77.4 Å². The van der Waals surface area contributed by atoms with Gasteiger partial charge in [0.25, 0.3) is 5.91 Å². The van der Waals surface area contributed by atoms with Crippen molar-refractivity contribution in [3.05, 3.63) is 58.1 Å². The summed E-state index contributed by atoms with van der Waals surface area (Å²) in [5.41, 5.74) is 4.18. The molecule has 0 aliphatic carbocycles. The average molecular weight is 463 g/mol. The molecule has 156 valence electrons. The van der Waals surface area contributed by atoms with Crippen molar-refractivity contribution in [3.63, 3.8) is 0 Å². The van der Waals surface area contributed by atoms with Gasteiger partial charge in [0.1, 0.15) is 11.5 Å². The van der Waals surface area contributed by atoms with Gasteiger partial charge in [0, 0.05) is 29.7 Å². The summed E-state index contributed by atoms with van der Waals surface area (Å²) >= 11 is 3.33. The molecule has 7 nitrogen and oxygen atoms in total. The molecular weight excluding hydrogens is 436 g/mol. The van der Waals surface area contributed by atoms with Crippen molar-refractivity contribution in [2.45, 2.75) is 6.54 Å². The number of carbonyl (C=O) groups is 1. The summed E-state index contributed by atoms with van der Waals surface area (Å²) in [5.74, 6) is 0.734. The maximum Gasteiger partial charge on any atom is 0.254 e. The predicted molar refractivity (Wildman–Crippen MR) is 118 cm³/mol. The Labute approximate surface area is 180 Å². The molecule has 0 saturated carbocycles. The summed E-state index contributed by atoms with van der Waals surface area (Å²) in [7, 11) is 5.60. The Morgan fingerprint density at radius 1 is 1.21 bits per heavy atom. The summed E-state index contributed by atoms with van der Waals surface area (Å²) in [4.78, 5) is 16.2. The van der Waals surface area contributed by atoms with Crippen LogP contribution in [0, 0.1) is 0 Å². The Balaban J connectivity index is 1.72. The molecule has 0 spiro atoms. The van der Waals surface area contributed by atoms with E-state index in [0.29, 0.717) is 5.56 Å². The lowest BCUT2D eigenvalue weighted by Crippen LogP contribution is -2.37. The fourth-order valence-electron chi connectivity index (χ4n) is 2.67. The average Bonchev–Trinajstić information content (AvgIpc) is 2.69. The summed E-state index contributed by atoms with van der Waals surface area (Å²) in [5, 5.41) is 13.7. The third kappa shape index (κ3) is 8.23. The first-order valence-electron chi connectivity index (χ1n) is 9.18. The molecule has 2 aromatic carbocycles. The van der Waals surface area contributed by atoms with Crippen molar-refractivity contribution in [1.29, 1.82) is 0 Å². The Kier molecular flexibility index (Phi) is 9.11. The van der Waals surface area contributed by atoms with Gasteiger partial charge in [0.05, 0.1) is 19.9 Å². The predicted octanol–water partition coefficient (Wildman–Crippen LogP) is 2.68. The van der Waals surface area contributed by atoms with Crippen molar-refractivity contribution in [3.8, 4) is 11.5 Å². The zero-order valence-electron chi connectivity index (χ0n) is 16.9. The van der Waals surface area contributed by atoms with Crippen LogP contribution >= 0.6 is 15.9 Å². The number of benzene rings is 2. The SMILES string of the molecule is COc1cccc(CN(C)CCN(C)CC(=O)NN=Cc2cc(Br)ccc2O)c1. The summed E-state index contributed by atoms with van der Waals surface area (Å²) in [6.07, 6.45) is 1.42. The highest BCUT2D eigenvalue weighted by Crippen LogP contribution is 2.19. The molecule has 0 fully saturated rings. The van der Waals surface area contributed by atoms with Crippen LogP contribution in [0.2, 0.25) is 0 Å². The number of aromatic hydroxyl groups is 1.